The molecule has 5 nitrogen and oxygen atoms in total. The average molecular weight is 464 g/mol. The first kappa shape index (κ1) is 21.8. The topological polar surface area (TPSA) is 62.3 Å². The number of amides is 2. The van der Waals surface area contributed by atoms with Gasteiger partial charge in [-0.15, -0.1) is 11.3 Å². The smallest absolute Gasteiger partial charge is 0.263 e. The molecule has 1 aliphatic carbocycles. The molecule has 7 heteroatoms. The molecule has 170 valence electrons. The first-order chi connectivity index (χ1) is 15.8. The Labute approximate surface area is 196 Å². The largest absolute Gasteiger partial charge is 0.349 e. The van der Waals surface area contributed by atoms with Crippen LogP contribution in [-0.2, 0) is 0 Å². The lowest BCUT2D eigenvalue weighted by atomic mass is 9.96. The van der Waals surface area contributed by atoms with Crippen molar-refractivity contribution < 1.29 is 14.0 Å². The fraction of sp³-hybridized carbons (Fsp3) is 0.346. The summed E-state index contributed by atoms with van der Waals surface area (Å²) in [6.07, 6.45) is 1.09. The van der Waals surface area contributed by atoms with Gasteiger partial charge < -0.3 is 10.2 Å². The number of carbonyl (C=O) groups excluding carboxylic acids is 2. The molecule has 1 aliphatic heterocycles. The molecule has 0 bridgehead atoms. The number of nitrogens with zero attached hydrogens (tertiary/aromatic N) is 2. The van der Waals surface area contributed by atoms with Crippen molar-refractivity contribution in [2.45, 2.75) is 33.2 Å². The van der Waals surface area contributed by atoms with Gasteiger partial charge in [0.15, 0.2) is 0 Å². The maximum atomic E-state index is 13.9. The minimum absolute atomic E-state index is 0.0394. The Morgan fingerprint density at radius 3 is 2.73 bits per heavy atom. The Bertz CT molecular complexity index is 1250. The first-order valence-corrected chi connectivity index (χ1v) is 12.0. The number of benzene rings is 2. The van der Waals surface area contributed by atoms with Crippen LogP contribution < -0.4 is 5.32 Å². The second-order valence-corrected chi connectivity index (χ2v) is 10.3. The minimum Gasteiger partial charge on any atom is -0.349 e. The third-order valence-electron chi connectivity index (χ3n) is 6.69. The SMILES string of the molecule is Cc1ccc(C(=O)N2C[C@H]3C[C@H]3[C@H]2CNC(=O)c2sc(C)nc2C)c(-c2cccc(F)c2)c1. The normalized spacial score (nSPS) is 21.1. The Kier molecular flexibility index (Phi) is 5.52. The lowest BCUT2D eigenvalue weighted by Crippen LogP contribution is -2.45. The van der Waals surface area contributed by atoms with Crippen LogP contribution in [0.5, 0.6) is 0 Å². The zero-order valence-electron chi connectivity index (χ0n) is 18.9. The summed E-state index contributed by atoms with van der Waals surface area (Å²) in [7, 11) is 0. The zero-order chi connectivity index (χ0) is 23.3. The van der Waals surface area contributed by atoms with Crippen molar-refractivity contribution in [1.29, 1.82) is 0 Å². The van der Waals surface area contributed by atoms with E-state index in [0.717, 1.165) is 28.2 Å². The van der Waals surface area contributed by atoms with E-state index in [4.69, 9.17) is 0 Å². The van der Waals surface area contributed by atoms with Crippen molar-refractivity contribution >= 4 is 23.2 Å². The summed E-state index contributed by atoms with van der Waals surface area (Å²) in [5.41, 5.74) is 3.73. The lowest BCUT2D eigenvalue weighted by Gasteiger charge is -2.29. The van der Waals surface area contributed by atoms with E-state index in [0.29, 0.717) is 40.9 Å². The van der Waals surface area contributed by atoms with Crippen LogP contribution in [0.3, 0.4) is 0 Å². The molecule has 2 fully saturated rings. The van der Waals surface area contributed by atoms with E-state index in [1.54, 1.807) is 6.07 Å². The van der Waals surface area contributed by atoms with Crippen LogP contribution in [0.2, 0.25) is 0 Å². The van der Waals surface area contributed by atoms with E-state index < -0.39 is 0 Å². The number of aryl methyl sites for hydroxylation is 3. The summed E-state index contributed by atoms with van der Waals surface area (Å²) in [6, 6.07) is 12.0. The van der Waals surface area contributed by atoms with Crippen molar-refractivity contribution in [2.24, 2.45) is 11.8 Å². The molecule has 1 aromatic heterocycles. The molecule has 1 saturated heterocycles. The molecule has 2 heterocycles. The van der Waals surface area contributed by atoms with Gasteiger partial charge in [0.25, 0.3) is 11.8 Å². The summed E-state index contributed by atoms with van der Waals surface area (Å²) < 4.78 is 13.9. The van der Waals surface area contributed by atoms with Gasteiger partial charge in [0.05, 0.1) is 16.7 Å². The Morgan fingerprint density at radius 2 is 2.00 bits per heavy atom. The molecular formula is C26H26FN3O2S. The minimum atomic E-state index is -0.330. The fourth-order valence-electron chi connectivity index (χ4n) is 4.98. The van der Waals surface area contributed by atoms with Crippen molar-refractivity contribution in [3.05, 3.63) is 75.0 Å². The van der Waals surface area contributed by atoms with Crippen molar-refractivity contribution in [3.8, 4) is 11.1 Å². The lowest BCUT2D eigenvalue weighted by molar-refractivity contribution is 0.0695. The van der Waals surface area contributed by atoms with Gasteiger partial charge in [0.1, 0.15) is 10.7 Å². The molecule has 0 radical (unpaired) electrons. The number of carbonyl (C=O) groups is 2. The monoisotopic (exact) mass is 463 g/mol. The molecule has 3 aromatic rings. The van der Waals surface area contributed by atoms with Gasteiger partial charge in [0.2, 0.25) is 0 Å². The number of fused-ring (bicyclic) bond motifs is 1. The number of rotatable bonds is 5. The quantitative estimate of drug-likeness (QED) is 0.593. The number of hydrogen-bond donors (Lipinski definition) is 1. The summed E-state index contributed by atoms with van der Waals surface area (Å²) in [5, 5.41) is 3.90. The number of thiazole rings is 1. The van der Waals surface area contributed by atoms with Gasteiger partial charge in [-0.1, -0.05) is 29.8 Å². The van der Waals surface area contributed by atoms with E-state index in [-0.39, 0.29) is 23.7 Å². The number of likely N-dealkylation sites (tertiary alicyclic amines) is 1. The predicted molar refractivity (Wildman–Crippen MR) is 127 cm³/mol. The number of piperidine rings is 1. The maximum Gasteiger partial charge on any atom is 0.263 e. The van der Waals surface area contributed by atoms with Gasteiger partial charge in [-0.3, -0.25) is 9.59 Å². The van der Waals surface area contributed by atoms with Crippen molar-refractivity contribution in [1.82, 2.24) is 15.2 Å². The zero-order valence-corrected chi connectivity index (χ0v) is 19.7. The highest BCUT2D eigenvalue weighted by Crippen LogP contribution is 2.50. The molecule has 1 N–H and O–H groups in total. The number of halogens is 1. The molecule has 5 rings (SSSR count). The highest BCUT2D eigenvalue weighted by Gasteiger charge is 2.54. The molecule has 2 amide bonds. The van der Waals surface area contributed by atoms with Crippen molar-refractivity contribution in [2.75, 3.05) is 13.1 Å². The number of aromatic nitrogens is 1. The van der Waals surface area contributed by atoms with Gasteiger partial charge in [0, 0.05) is 18.7 Å². The first-order valence-electron chi connectivity index (χ1n) is 11.2. The van der Waals surface area contributed by atoms with E-state index in [9.17, 15) is 14.0 Å². The Hall–Kier alpha value is -3.06. The molecule has 1 saturated carbocycles. The molecule has 33 heavy (non-hydrogen) atoms. The fourth-order valence-corrected chi connectivity index (χ4v) is 5.82. The standard InChI is InChI=1S/C26H26FN3O2S/c1-14-7-8-20(21(9-14)17-5-4-6-19(27)10-17)26(32)30-13-18-11-22(18)23(30)12-28-25(31)24-15(2)29-16(3)33-24/h4-10,18,22-23H,11-13H2,1-3H3,(H,28,31)/t18-,22-,23-/m1/s1. The second-order valence-electron chi connectivity index (χ2n) is 9.10. The molecular weight excluding hydrogens is 437 g/mol. The van der Waals surface area contributed by atoms with Gasteiger partial charge >= 0.3 is 0 Å². The van der Waals surface area contributed by atoms with Crippen LogP contribution in [0.15, 0.2) is 42.5 Å². The van der Waals surface area contributed by atoms with Crippen molar-refractivity contribution in [3.63, 3.8) is 0 Å². The Balaban J connectivity index is 1.38. The maximum absolute atomic E-state index is 13.9. The van der Waals surface area contributed by atoms with E-state index >= 15 is 0 Å². The van der Waals surface area contributed by atoms with Crippen LogP contribution in [0, 0.1) is 38.4 Å². The predicted octanol–water partition coefficient (Wildman–Crippen LogP) is 4.76. The summed E-state index contributed by atoms with van der Waals surface area (Å²) in [6.45, 7) is 6.80. The molecule has 2 aromatic carbocycles. The number of nitrogens with one attached hydrogen (secondary N) is 1. The summed E-state index contributed by atoms with van der Waals surface area (Å²) in [4.78, 5) is 33.3. The molecule has 0 unspecified atom stereocenters. The van der Waals surface area contributed by atoms with Crippen LogP contribution >= 0.6 is 11.3 Å². The molecule has 0 spiro atoms. The third-order valence-corrected chi connectivity index (χ3v) is 7.76. The van der Waals surface area contributed by atoms with Crippen LogP contribution in [0.25, 0.3) is 11.1 Å². The van der Waals surface area contributed by atoms with Crippen LogP contribution in [0.1, 0.15) is 42.7 Å². The second kappa shape index (κ2) is 8.37. The number of hydrogen-bond acceptors (Lipinski definition) is 4. The van der Waals surface area contributed by atoms with Crippen LogP contribution in [-0.4, -0.2) is 40.8 Å². The van der Waals surface area contributed by atoms with Gasteiger partial charge in [-0.25, -0.2) is 9.37 Å². The van der Waals surface area contributed by atoms with Gasteiger partial charge in [-0.05, 0) is 68.4 Å². The average Bonchev–Trinajstić information content (AvgIpc) is 3.33. The van der Waals surface area contributed by atoms with E-state index in [1.165, 1.54) is 23.5 Å². The summed E-state index contributed by atoms with van der Waals surface area (Å²) >= 11 is 1.39. The van der Waals surface area contributed by atoms with Gasteiger partial charge in [-0.2, -0.15) is 0 Å². The third kappa shape index (κ3) is 4.17. The van der Waals surface area contributed by atoms with Crippen LogP contribution in [0.4, 0.5) is 4.39 Å². The summed E-state index contributed by atoms with van der Waals surface area (Å²) in [5.74, 6) is 0.382. The highest BCUT2D eigenvalue weighted by molar-refractivity contribution is 7.13. The van der Waals surface area contributed by atoms with E-state index in [2.05, 4.69) is 10.3 Å². The molecule has 3 atom stereocenters. The molecule has 2 aliphatic rings. The Morgan fingerprint density at radius 1 is 1.18 bits per heavy atom. The highest BCUT2D eigenvalue weighted by atomic mass is 32.1. The van der Waals surface area contributed by atoms with E-state index in [1.807, 2.05) is 49.9 Å².